The van der Waals surface area contributed by atoms with Gasteiger partial charge in [-0.1, -0.05) is 53.7 Å². The van der Waals surface area contributed by atoms with Crippen molar-refractivity contribution in [3.05, 3.63) is 100 Å². The van der Waals surface area contributed by atoms with Gasteiger partial charge in [0.2, 0.25) is 0 Å². The molecule has 1 amide bonds. The van der Waals surface area contributed by atoms with E-state index in [0.29, 0.717) is 29.1 Å². The summed E-state index contributed by atoms with van der Waals surface area (Å²) < 4.78 is 1.75. The molecule has 0 radical (unpaired) electrons. The van der Waals surface area contributed by atoms with Crippen molar-refractivity contribution in [2.45, 2.75) is 18.7 Å². The zero-order valence-corrected chi connectivity index (χ0v) is 16.3. The minimum absolute atomic E-state index is 0.247. The Labute approximate surface area is 171 Å². The van der Waals surface area contributed by atoms with Crippen LogP contribution in [0.2, 0.25) is 0 Å². The molecule has 0 bridgehead atoms. The van der Waals surface area contributed by atoms with E-state index >= 15 is 0 Å². The van der Waals surface area contributed by atoms with E-state index in [4.69, 9.17) is 0 Å². The van der Waals surface area contributed by atoms with Crippen LogP contribution >= 0.6 is 11.3 Å². The molecule has 144 valence electrons. The van der Waals surface area contributed by atoms with Crippen LogP contribution in [0.4, 0.5) is 5.69 Å². The highest BCUT2D eigenvalue weighted by atomic mass is 32.1. The number of hydrogen-bond acceptors (Lipinski definition) is 5. The van der Waals surface area contributed by atoms with E-state index in [2.05, 4.69) is 10.3 Å². The summed E-state index contributed by atoms with van der Waals surface area (Å²) >= 11 is 1.45. The first kappa shape index (κ1) is 17.8. The second-order valence-corrected chi connectivity index (χ2v) is 7.80. The molecule has 5 rings (SSSR count). The number of fused-ring (bicyclic) bond motifs is 1. The molecule has 0 aliphatic carbocycles. The van der Waals surface area contributed by atoms with Crippen molar-refractivity contribution in [2.24, 2.45) is 0 Å². The molecular formula is C22H18N4O2S. The van der Waals surface area contributed by atoms with Gasteiger partial charge in [0.25, 0.3) is 5.91 Å². The number of carbonyl (C=O) groups excluding carboxylic acids is 1. The van der Waals surface area contributed by atoms with Gasteiger partial charge in [0.15, 0.2) is 5.60 Å². The zero-order valence-electron chi connectivity index (χ0n) is 15.5. The number of hydrogen-bond donors (Lipinski definition) is 1. The highest BCUT2D eigenvalue weighted by Gasteiger charge is 2.51. The van der Waals surface area contributed by atoms with Gasteiger partial charge < -0.3 is 10.0 Å². The maximum atomic E-state index is 13.3. The smallest absolute Gasteiger partial charge is 0.268 e. The van der Waals surface area contributed by atoms with Gasteiger partial charge in [0.05, 0.1) is 25.0 Å². The molecule has 1 unspecified atom stereocenters. The third kappa shape index (κ3) is 2.95. The standard InChI is InChI=1S/C22H18N4O2S/c27-21-22(28,17-10-11-29-15-17)19-8-4-5-9-20(19)26(21)14-18-13-25(24-23-18)12-16-6-2-1-3-7-16/h1-11,13,15,28H,12,14H2. The van der Waals surface area contributed by atoms with Crippen molar-refractivity contribution in [3.63, 3.8) is 0 Å². The molecule has 1 aliphatic heterocycles. The summed E-state index contributed by atoms with van der Waals surface area (Å²) in [4.78, 5) is 14.9. The first-order chi connectivity index (χ1) is 14.2. The average molecular weight is 402 g/mol. The summed E-state index contributed by atoms with van der Waals surface area (Å²) in [7, 11) is 0. The Bertz CT molecular complexity index is 1160. The highest BCUT2D eigenvalue weighted by molar-refractivity contribution is 7.08. The summed E-state index contributed by atoms with van der Waals surface area (Å²) in [6.07, 6.45) is 1.84. The number of carbonyl (C=O) groups is 1. The van der Waals surface area contributed by atoms with Gasteiger partial charge in [-0.3, -0.25) is 4.79 Å². The van der Waals surface area contributed by atoms with Gasteiger partial charge >= 0.3 is 0 Å². The summed E-state index contributed by atoms with van der Waals surface area (Å²) in [6, 6.07) is 19.2. The van der Waals surface area contributed by atoms with Gasteiger partial charge in [-0.2, -0.15) is 11.3 Å². The van der Waals surface area contributed by atoms with Crippen LogP contribution in [0.3, 0.4) is 0 Å². The molecule has 0 fully saturated rings. The fourth-order valence-corrected chi connectivity index (χ4v) is 4.46. The normalized spacial score (nSPS) is 18.2. The number of thiophene rings is 1. The Morgan fingerprint density at radius 1 is 1.00 bits per heavy atom. The van der Waals surface area contributed by atoms with Crippen molar-refractivity contribution >= 4 is 22.9 Å². The lowest BCUT2D eigenvalue weighted by Gasteiger charge is -2.22. The summed E-state index contributed by atoms with van der Waals surface area (Å²) in [5.41, 5.74) is 2.01. The maximum absolute atomic E-state index is 13.3. The number of aliphatic hydroxyl groups is 1. The Morgan fingerprint density at radius 2 is 1.79 bits per heavy atom. The monoisotopic (exact) mass is 402 g/mol. The molecule has 1 aliphatic rings. The summed E-state index contributed by atoms with van der Waals surface area (Å²) in [6.45, 7) is 0.855. The first-order valence-corrected chi connectivity index (χ1v) is 10.2. The predicted octanol–water partition coefficient (Wildman–Crippen LogP) is 3.17. The van der Waals surface area contributed by atoms with Crippen molar-refractivity contribution in [2.75, 3.05) is 4.90 Å². The predicted molar refractivity (Wildman–Crippen MR) is 111 cm³/mol. The van der Waals surface area contributed by atoms with Crippen molar-refractivity contribution in [1.29, 1.82) is 0 Å². The van der Waals surface area contributed by atoms with Gasteiger partial charge in [-0.25, -0.2) is 4.68 Å². The van der Waals surface area contributed by atoms with Gasteiger partial charge in [0.1, 0.15) is 5.69 Å². The van der Waals surface area contributed by atoms with Crippen LogP contribution in [0, 0.1) is 0 Å². The Morgan fingerprint density at radius 3 is 2.59 bits per heavy atom. The number of nitrogens with zero attached hydrogens (tertiary/aromatic N) is 4. The van der Waals surface area contributed by atoms with Crippen LogP contribution in [0.25, 0.3) is 0 Å². The number of aromatic nitrogens is 3. The topological polar surface area (TPSA) is 71.2 Å². The SMILES string of the molecule is O=C1N(Cc2cn(Cc3ccccc3)nn2)c2ccccc2C1(O)c1ccsc1. The molecule has 2 aromatic carbocycles. The Hall–Kier alpha value is -3.29. The number of para-hydroxylation sites is 1. The number of rotatable bonds is 5. The van der Waals surface area contributed by atoms with Crippen LogP contribution in [-0.2, 0) is 23.5 Å². The van der Waals surface area contributed by atoms with E-state index in [-0.39, 0.29) is 12.5 Å². The molecule has 6 nitrogen and oxygen atoms in total. The molecule has 1 atom stereocenters. The zero-order chi connectivity index (χ0) is 19.8. The molecule has 7 heteroatoms. The van der Waals surface area contributed by atoms with Gasteiger partial charge in [0, 0.05) is 11.1 Å². The second kappa shape index (κ2) is 6.95. The highest BCUT2D eigenvalue weighted by Crippen LogP contribution is 2.45. The van der Waals surface area contributed by atoms with E-state index in [1.165, 1.54) is 11.3 Å². The fourth-order valence-electron chi connectivity index (χ4n) is 3.76. The summed E-state index contributed by atoms with van der Waals surface area (Å²) in [5.74, 6) is -0.366. The fraction of sp³-hybridized carbons (Fsp3) is 0.136. The van der Waals surface area contributed by atoms with Crippen LogP contribution < -0.4 is 4.90 Å². The molecular weight excluding hydrogens is 384 g/mol. The molecule has 29 heavy (non-hydrogen) atoms. The Balaban J connectivity index is 1.44. The van der Waals surface area contributed by atoms with Crippen LogP contribution in [0.5, 0.6) is 0 Å². The average Bonchev–Trinajstić information content (AvgIpc) is 3.48. The van der Waals surface area contributed by atoms with Crippen LogP contribution in [0.15, 0.2) is 77.6 Å². The molecule has 0 spiro atoms. The molecule has 4 aromatic rings. The van der Waals surface area contributed by atoms with Crippen molar-refractivity contribution < 1.29 is 9.90 Å². The van der Waals surface area contributed by atoms with E-state index in [1.807, 2.05) is 65.5 Å². The van der Waals surface area contributed by atoms with E-state index < -0.39 is 5.60 Å². The minimum Gasteiger partial charge on any atom is -0.372 e. The Kier molecular flexibility index (Phi) is 4.26. The summed E-state index contributed by atoms with van der Waals surface area (Å²) in [5, 5.41) is 23.5. The maximum Gasteiger partial charge on any atom is 0.268 e. The first-order valence-electron chi connectivity index (χ1n) is 9.26. The van der Waals surface area contributed by atoms with Crippen LogP contribution in [0.1, 0.15) is 22.4 Å². The lowest BCUT2D eigenvalue weighted by Crippen LogP contribution is -2.40. The number of benzene rings is 2. The van der Waals surface area contributed by atoms with Gasteiger partial charge in [-0.05, 0) is 28.5 Å². The largest absolute Gasteiger partial charge is 0.372 e. The molecule has 0 saturated heterocycles. The lowest BCUT2D eigenvalue weighted by atomic mass is 9.89. The van der Waals surface area contributed by atoms with Crippen LogP contribution in [-0.4, -0.2) is 26.0 Å². The quantitative estimate of drug-likeness (QED) is 0.557. The molecule has 2 aromatic heterocycles. The molecule has 0 saturated carbocycles. The number of amides is 1. The van der Waals surface area contributed by atoms with Crippen molar-refractivity contribution in [3.8, 4) is 0 Å². The third-order valence-corrected chi connectivity index (χ3v) is 5.86. The van der Waals surface area contributed by atoms with E-state index in [9.17, 15) is 9.90 Å². The van der Waals surface area contributed by atoms with E-state index in [1.54, 1.807) is 21.7 Å². The lowest BCUT2D eigenvalue weighted by molar-refractivity contribution is -0.132. The van der Waals surface area contributed by atoms with E-state index in [0.717, 1.165) is 5.56 Å². The number of anilines is 1. The molecule has 3 heterocycles. The van der Waals surface area contributed by atoms with Crippen molar-refractivity contribution in [1.82, 2.24) is 15.0 Å². The second-order valence-electron chi connectivity index (χ2n) is 7.02. The molecule has 1 N–H and O–H groups in total. The minimum atomic E-state index is -1.67. The third-order valence-electron chi connectivity index (χ3n) is 5.17. The van der Waals surface area contributed by atoms with Gasteiger partial charge in [-0.15, -0.1) is 5.10 Å².